The number of ether oxygens (including phenoxy) is 1. The predicted octanol–water partition coefficient (Wildman–Crippen LogP) is 3.44. The molecule has 0 spiro atoms. The lowest BCUT2D eigenvalue weighted by Crippen LogP contribution is -2.30. The molecule has 0 aliphatic carbocycles. The maximum Gasteiger partial charge on any atom is 0.416 e. The summed E-state index contributed by atoms with van der Waals surface area (Å²) in [7, 11) is 0. The molecule has 1 aromatic carbocycles. The zero-order valence-electron chi connectivity index (χ0n) is 9.70. The van der Waals surface area contributed by atoms with Crippen molar-refractivity contribution in [2.24, 2.45) is 0 Å². The van der Waals surface area contributed by atoms with Gasteiger partial charge in [0.1, 0.15) is 0 Å². The third-order valence-electron chi connectivity index (χ3n) is 3.67. The number of alkyl halides is 3. The summed E-state index contributed by atoms with van der Waals surface area (Å²) in [6.45, 7) is 0. The second kappa shape index (κ2) is 4.16. The Bertz CT molecular complexity index is 429. The first kappa shape index (κ1) is 11.8. The van der Waals surface area contributed by atoms with Crippen molar-refractivity contribution in [3.8, 4) is 0 Å². The van der Waals surface area contributed by atoms with E-state index in [1.54, 1.807) is 0 Å². The lowest BCUT2D eigenvalue weighted by molar-refractivity contribution is -0.137. The summed E-state index contributed by atoms with van der Waals surface area (Å²) in [6.07, 6.45) is -0.613. The molecule has 2 saturated heterocycles. The summed E-state index contributed by atoms with van der Waals surface area (Å²) >= 11 is 0. The zero-order chi connectivity index (χ0) is 12.8. The molecule has 2 nitrogen and oxygen atoms in total. The van der Waals surface area contributed by atoms with E-state index in [-0.39, 0.29) is 12.1 Å². The van der Waals surface area contributed by atoms with Crippen LogP contribution in [0.4, 0.5) is 18.9 Å². The first-order valence-corrected chi connectivity index (χ1v) is 6.11. The molecule has 2 fully saturated rings. The highest BCUT2D eigenvalue weighted by Crippen LogP contribution is 2.36. The average molecular weight is 257 g/mol. The van der Waals surface area contributed by atoms with Crippen LogP contribution in [0, 0.1) is 0 Å². The summed E-state index contributed by atoms with van der Waals surface area (Å²) in [5, 5.41) is 3.26. The third-order valence-corrected chi connectivity index (χ3v) is 3.67. The van der Waals surface area contributed by atoms with Crippen molar-refractivity contribution in [1.82, 2.24) is 0 Å². The number of halogens is 3. The average Bonchev–Trinajstić information content (AvgIpc) is 2.90. The Kier molecular flexibility index (Phi) is 2.73. The Labute approximate surface area is 103 Å². The number of benzene rings is 1. The Balaban J connectivity index is 1.67. The maximum absolute atomic E-state index is 12.4. The standard InChI is InChI=1S/C13H14F3NO/c14-13(15,16)8-1-3-9(4-2-8)17-11-7-10-5-6-12(11)18-10/h1-4,10-12,17H,5-7H2. The van der Waals surface area contributed by atoms with Gasteiger partial charge in [0.2, 0.25) is 0 Å². The van der Waals surface area contributed by atoms with Gasteiger partial charge < -0.3 is 10.1 Å². The van der Waals surface area contributed by atoms with Gasteiger partial charge >= 0.3 is 6.18 Å². The Hall–Kier alpha value is -1.23. The molecule has 3 unspecified atom stereocenters. The SMILES string of the molecule is FC(F)(F)c1ccc(NC2CC3CCC2O3)cc1. The fourth-order valence-corrected chi connectivity index (χ4v) is 2.76. The molecule has 18 heavy (non-hydrogen) atoms. The number of fused-ring (bicyclic) bond motifs is 2. The second-order valence-electron chi connectivity index (χ2n) is 4.94. The number of rotatable bonds is 2. The molecule has 0 saturated carbocycles. The fourth-order valence-electron chi connectivity index (χ4n) is 2.76. The van der Waals surface area contributed by atoms with Crippen molar-refractivity contribution >= 4 is 5.69 Å². The zero-order valence-corrected chi connectivity index (χ0v) is 9.70. The molecule has 5 heteroatoms. The van der Waals surface area contributed by atoms with Crippen molar-refractivity contribution in [3.05, 3.63) is 29.8 Å². The number of hydrogen-bond acceptors (Lipinski definition) is 2. The highest BCUT2D eigenvalue weighted by molar-refractivity contribution is 5.46. The number of nitrogens with one attached hydrogen (secondary N) is 1. The minimum absolute atomic E-state index is 0.220. The normalized spacial score (nSPS) is 30.7. The maximum atomic E-state index is 12.4. The summed E-state index contributed by atoms with van der Waals surface area (Å²) in [5.41, 5.74) is 0.112. The molecule has 0 aromatic heterocycles. The monoisotopic (exact) mass is 257 g/mol. The quantitative estimate of drug-likeness (QED) is 0.876. The van der Waals surface area contributed by atoms with Gasteiger partial charge in [0.05, 0.1) is 23.8 Å². The van der Waals surface area contributed by atoms with Crippen molar-refractivity contribution in [2.45, 2.75) is 43.7 Å². The van der Waals surface area contributed by atoms with Gasteiger partial charge in [0, 0.05) is 5.69 Å². The van der Waals surface area contributed by atoms with Crippen LogP contribution < -0.4 is 5.32 Å². The highest BCUT2D eigenvalue weighted by atomic mass is 19.4. The van der Waals surface area contributed by atoms with E-state index in [1.165, 1.54) is 12.1 Å². The summed E-state index contributed by atoms with van der Waals surface area (Å²) in [5.74, 6) is 0. The Morgan fingerprint density at radius 1 is 1.11 bits per heavy atom. The van der Waals surface area contributed by atoms with E-state index < -0.39 is 11.7 Å². The van der Waals surface area contributed by atoms with Crippen LogP contribution in [0.1, 0.15) is 24.8 Å². The van der Waals surface area contributed by atoms with Crippen LogP contribution in [0.15, 0.2) is 24.3 Å². The van der Waals surface area contributed by atoms with E-state index in [4.69, 9.17) is 4.74 Å². The molecule has 0 radical (unpaired) electrons. The third kappa shape index (κ3) is 2.19. The number of hydrogen-bond donors (Lipinski definition) is 1. The lowest BCUT2D eigenvalue weighted by atomic mass is 9.95. The molecule has 2 bridgehead atoms. The van der Waals surface area contributed by atoms with Gasteiger partial charge in [-0.1, -0.05) is 0 Å². The largest absolute Gasteiger partial charge is 0.416 e. The van der Waals surface area contributed by atoms with Gasteiger partial charge in [0.25, 0.3) is 0 Å². The Morgan fingerprint density at radius 2 is 1.83 bits per heavy atom. The highest BCUT2D eigenvalue weighted by Gasteiger charge is 2.40. The van der Waals surface area contributed by atoms with Gasteiger partial charge in [0.15, 0.2) is 0 Å². The molecule has 1 aromatic rings. The van der Waals surface area contributed by atoms with Crippen molar-refractivity contribution in [1.29, 1.82) is 0 Å². The smallest absolute Gasteiger partial charge is 0.380 e. The molecule has 3 rings (SSSR count). The molecular weight excluding hydrogens is 243 g/mol. The minimum atomic E-state index is -4.27. The van der Waals surface area contributed by atoms with Crippen LogP contribution in [-0.4, -0.2) is 18.2 Å². The summed E-state index contributed by atoms with van der Waals surface area (Å²) in [6, 6.07) is 5.41. The van der Waals surface area contributed by atoms with Crippen LogP contribution in [0.5, 0.6) is 0 Å². The molecule has 1 N–H and O–H groups in total. The molecular formula is C13H14F3NO. The van der Waals surface area contributed by atoms with Crippen LogP contribution in [0.25, 0.3) is 0 Å². The topological polar surface area (TPSA) is 21.3 Å². The van der Waals surface area contributed by atoms with Gasteiger partial charge in [-0.3, -0.25) is 0 Å². The lowest BCUT2D eigenvalue weighted by Gasteiger charge is -2.21. The predicted molar refractivity (Wildman–Crippen MR) is 61.4 cm³/mol. The van der Waals surface area contributed by atoms with Crippen LogP contribution in [0.3, 0.4) is 0 Å². The van der Waals surface area contributed by atoms with Crippen LogP contribution in [-0.2, 0) is 10.9 Å². The van der Waals surface area contributed by atoms with Gasteiger partial charge in [-0.15, -0.1) is 0 Å². The number of anilines is 1. The molecule has 98 valence electrons. The van der Waals surface area contributed by atoms with E-state index in [1.807, 2.05) is 0 Å². The van der Waals surface area contributed by atoms with Gasteiger partial charge in [-0.25, -0.2) is 0 Å². The summed E-state index contributed by atoms with van der Waals surface area (Å²) < 4.78 is 42.9. The van der Waals surface area contributed by atoms with E-state index in [0.717, 1.165) is 37.1 Å². The Morgan fingerprint density at radius 3 is 2.33 bits per heavy atom. The van der Waals surface area contributed by atoms with Crippen molar-refractivity contribution in [3.63, 3.8) is 0 Å². The van der Waals surface area contributed by atoms with E-state index in [9.17, 15) is 13.2 Å². The van der Waals surface area contributed by atoms with Crippen LogP contribution in [0.2, 0.25) is 0 Å². The minimum Gasteiger partial charge on any atom is -0.380 e. The molecule has 2 heterocycles. The van der Waals surface area contributed by atoms with Gasteiger partial charge in [-0.05, 0) is 43.5 Å². The molecule has 2 aliphatic heterocycles. The fraction of sp³-hybridized carbons (Fsp3) is 0.538. The van der Waals surface area contributed by atoms with Crippen molar-refractivity contribution in [2.75, 3.05) is 5.32 Å². The van der Waals surface area contributed by atoms with Crippen molar-refractivity contribution < 1.29 is 17.9 Å². The summed E-state index contributed by atoms with van der Waals surface area (Å²) in [4.78, 5) is 0. The van der Waals surface area contributed by atoms with E-state index >= 15 is 0 Å². The first-order valence-electron chi connectivity index (χ1n) is 6.11. The molecule has 3 atom stereocenters. The van der Waals surface area contributed by atoms with Crippen LogP contribution >= 0.6 is 0 Å². The molecule has 2 aliphatic rings. The first-order chi connectivity index (χ1) is 8.52. The second-order valence-corrected chi connectivity index (χ2v) is 4.94. The molecule has 0 amide bonds. The van der Waals surface area contributed by atoms with E-state index in [0.29, 0.717) is 6.10 Å². The van der Waals surface area contributed by atoms with Gasteiger partial charge in [-0.2, -0.15) is 13.2 Å². The van der Waals surface area contributed by atoms with E-state index in [2.05, 4.69) is 5.32 Å².